The van der Waals surface area contributed by atoms with Crippen LogP contribution >= 0.6 is 0 Å². The lowest BCUT2D eigenvalue weighted by Gasteiger charge is -2.30. The quantitative estimate of drug-likeness (QED) is 0.930. The van der Waals surface area contributed by atoms with Crippen LogP contribution in [0.2, 0.25) is 0 Å². The Kier molecular flexibility index (Phi) is 4.48. The fourth-order valence-electron chi connectivity index (χ4n) is 2.83. The summed E-state index contributed by atoms with van der Waals surface area (Å²) >= 11 is 0. The number of hydrogen-bond acceptors (Lipinski definition) is 5. The minimum atomic E-state index is 0.0512. The van der Waals surface area contributed by atoms with Crippen LogP contribution in [0.5, 0.6) is 0 Å². The molecule has 6 heteroatoms. The van der Waals surface area contributed by atoms with E-state index in [1.165, 1.54) is 0 Å². The van der Waals surface area contributed by atoms with Gasteiger partial charge in [-0.25, -0.2) is 0 Å². The summed E-state index contributed by atoms with van der Waals surface area (Å²) in [5, 5.41) is 6.76. The van der Waals surface area contributed by atoms with E-state index in [4.69, 9.17) is 4.52 Å². The molecule has 2 aromatic rings. The van der Waals surface area contributed by atoms with Gasteiger partial charge in [-0.3, -0.25) is 9.69 Å². The standard InChI is InChI=1S/C16H20N4O2/c1-17-16(21)13-8-5-9-20(10-13)11-14-18-15(19-22-14)12-6-3-2-4-7-12/h2-4,6-7,13H,5,8-11H2,1H3,(H,17,21). The molecule has 1 aliphatic heterocycles. The number of amides is 1. The van der Waals surface area contributed by atoms with Gasteiger partial charge in [0.2, 0.25) is 17.6 Å². The number of nitrogens with zero attached hydrogens (tertiary/aromatic N) is 3. The van der Waals surface area contributed by atoms with Gasteiger partial charge in [0, 0.05) is 19.2 Å². The van der Waals surface area contributed by atoms with Gasteiger partial charge >= 0.3 is 0 Å². The molecule has 0 spiro atoms. The minimum Gasteiger partial charge on any atom is -0.359 e. The number of rotatable bonds is 4. The van der Waals surface area contributed by atoms with E-state index in [9.17, 15) is 4.79 Å². The molecule has 0 bridgehead atoms. The number of aromatic nitrogens is 2. The summed E-state index contributed by atoms with van der Waals surface area (Å²) < 4.78 is 5.34. The van der Waals surface area contributed by atoms with Gasteiger partial charge in [0.05, 0.1) is 12.5 Å². The smallest absolute Gasteiger partial charge is 0.241 e. The van der Waals surface area contributed by atoms with Gasteiger partial charge in [-0.15, -0.1) is 0 Å². The lowest BCUT2D eigenvalue weighted by Crippen LogP contribution is -2.41. The first kappa shape index (κ1) is 14.7. The van der Waals surface area contributed by atoms with E-state index >= 15 is 0 Å². The van der Waals surface area contributed by atoms with E-state index in [1.807, 2.05) is 30.3 Å². The molecule has 1 aliphatic rings. The molecule has 6 nitrogen and oxygen atoms in total. The number of hydrogen-bond donors (Lipinski definition) is 1. The maximum absolute atomic E-state index is 11.8. The highest BCUT2D eigenvalue weighted by molar-refractivity contribution is 5.78. The number of benzene rings is 1. The molecule has 1 aromatic heterocycles. The van der Waals surface area contributed by atoms with E-state index in [2.05, 4.69) is 20.4 Å². The van der Waals surface area contributed by atoms with Gasteiger partial charge in [-0.1, -0.05) is 35.5 Å². The molecule has 1 N–H and O–H groups in total. The van der Waals surface area contributed by atoms with Crippen molar-refractivity contribution in [2.24, 2.45) is 5.92 Å². The molecule has 1 fully saturated rings. The molecule has 22 heavy (non-hydrogen) atoms. The van der Waals surface area contributed by atoms with Crippen molar-refractivity contribution in [3.05, 3.63) is 36.2 Å². The lowest BCUT2D eigenvalue weighted by molar-refractivity contribution is -0.126. The topological polar surface area (TPSA) is 71.3 Å². The van der Waals surface area contributed by atoms with Crippen LogP contribution < -0.4 is 5.32 Å². The van der Waals surface area contributed by atoms with Gasteiger partial charge in [0.15, 0.2) is 0 Å². The third-order valence-corrected chi connectivity index (χ3v) is 3.98. The summed E-state index contributed by atoms with van der Waals surface area (Å²) in [7, 11) is 1.69. The molecular weight excluding hydrogens is 280 g/mol. The van der Waals surface area contributed by atoms with Gasteiger partial charge in [0.1, 0.15) is 0 Å². The maximum atomic E-state index is 11.8. The monoisotopic (exact) mass is 300 g/mol. The van der Waals surface area contributed by atoms with Crippen LogP contribution in [0.1, 0.15) is 18.7 Å². The fraction of sp³-hybridized carbons (Fsp3) is 0.438. The molecule has 1 atom stereocenters. The average molecular weight is 300 g/mol. The number of carbonyl (C=O) groups excluding carboxylic acids is 1. The summed E-state index contributed by atoms with van der Waals surface area (Å²) in [5.74, 6) is 1.36. The fourth-order valence-corrected chi connectivity index (χ4v) is 2.83. The van der Waals surface area contributed by atoms with Crippen molar-refractivity contribution in [3.63, 3.8) is 0 Å². The normalized spacial score (nSPS) is 19.0. The Hall–Kier alpha value is -2.21. The van der Waals surface area contributed by atoms with Gasteiger partial charge in [-0.2, -0.15) is 4.98 Å². The highest BCUT2D eigenvalue weighted by Gasteiger charge is 2.26. The van der Waals surface area contributed by atoms with Crippen molar-refractivity contribution in [2.45, 2.75) is 19.4 Å². The third kappa shape index (κ3) is 3.33. The second-order valence-electron chi connectivity index (χ2n) is 5.57. The molecule has 116 valence electrons. The molecular formula is C16H20N4O2. The maximum Gasteiger partial charge on any atom is 0.241 e. The second kappa shape index (κ2) is 6.70. The first-order valence-electron chi connectivity index (χ1n) is 7.58. The van der Waals surface area contributed by atoms with Crippen molar-refractivity contribution in [1.82, 2.24) is 20.4 Å². The van der Waals surface area contributed by atoms with Crippen LogP contribution in [-0.4, -0.2) is 41.1 Å². The van der Waals surface area contributed by atoms with E-state index in [1.54, 1.807) is 7.05 Å². The van der Waals surface area contributed by atoms with Crippen LogP contribution in [0, 0.1) is 5.92 Å². The van der Waals surface area contributed by atoms with Crippen molar-refractivity contribution < 1.29 is 9.32 Å². The summed E-state index contributed by atoms with van der Waals surface area (Å²) in [5.41, 5.74) is 0.944. The van der Waals surface area contributed by atoms with Crippen LogP contribution in [0.3, 0.4) is 0 Å². The molecule has 1 saturated heterocycles. The van der Waals surface area contributed by atoms with Crippen LogP contribution in [0.4, 0.5) is 0 Å². The Balaban J connectivity index is 1.64. The molecule has 0 aliphatic carbocycles. The Bertz CT molecular complexity index is 626. The third-order valence-electron chi connectivity index (χ3n) is 3.98. The van der Waals surface area contributed by atoms with E-state index < -0.39 is 0 Å². The molecule has 0 saturated carbocycles. The Morgan fingerprint density at radius 3 is 3.00 bits per heavy atom. The summed E-state index contributed by atoms with van der Waals surface area (Å²) in [6.07, 6.45) is 1.95. The predicted octanol–water partition coefficient (Wildman–Crippen LogP) is 1.69. The Labute approximate surface area is 129 Å². The zero-order valence-electron chi connectivity index (χ0n) is 12.7. The summed E-state index contributed by atoms with van der Waals surface area (Å²) in [4.78, 5) is 18.4. The Morgan fingerprint density at radius 1 is 1.41 bits per heavy atom. The van der Waals surface area contributed by atoms with Gasteiger partial charge in [-0.05, 0) is 19.4 Å². The van der Waals surface area contributed by atoms with Crippen LogP contribution in [0.25, 0.3) is 11.4 Å². The SMILES string of the molecule is CNC(=O)C1CCCN(Cc2nc(-c3ccccc3)no2)C1. The highest BCUT2D eigenvalue weighted by Crippen LogP contribution is 2.20. The number of piperidine rings is 1. The predicted molar refractivity (Wildman–Crippen MR) is 81.8 cm³/mol. The molecule has 1 amide bonds. The molecule has 3 rings (SSSR count). The summed E-state index contributed by atoms with van der Waals surface area (Å²) in [6, 6.07) is 9.76. The van der Waals surface area contributed by atoms with Crippen LogP contribution in [0.15, 0.2) is 34.9 Å². The first-order chi connectivity index (χ1) is 10.8. The van der Waals surface area contributed by atoms with Crippen molar-refractivity contribution >= 4 is 5.91 Å². The first-order valence-corrected chi connectivity index (χ1v) is 7.58. The number of nitrogens with one attached hydrogen (secondary N) is 1. The molecule has 0 radical (unpaired) electrons. The van der Waals surface area contributed by atoms with Crippen molar-refractivity contribution in [2.75, 3.05) is 20.1 Å². The van der Waals surface area contributed by atoms with Crippen molar-refractivity contribution in [3.8, 4) is 11.4 Å². The van der Waals surface area contributed by atoms with E-state index in [-0.39, 0.29) is 11.8 Å². The molecule has 1 unspecified atom stereocenters. The van der Waals surface area contributed by atoms with Gasteiger partial charge in [0.25, 0.3) is 0 Å². The second-order valence-corrected chi connectivity index (χ2v) is 5.57. The van der Waals surface area contributed by atoms with Crippen LogP contribution in [-0.2, 0) is 11.3 Å². The van der Waals surface area contributed by atoms with E-state index in [0.717, 1.165) is 31.5 Å². The molecule has 2 heterocycles. The number of likely N-dealkylation sites (tertiary alicyclic amines) is 1. The lowest BCUT2D eigenvalue weighted by atomic mass is 9.97. The number of carbonyl (C=O) groups is 1. The highest BCUT2D eigenvalue weighted by atomic mass is 16.5. The van der Waals surface area contributed by atoms with Gasteiger partial charge < -0.3 is 9.84 Å². The minimum absolute atomic E-state index is 0.0512. The average Bonchev–Trinajstić information content (AvgIpc) is 3.03. The zero-order valence-corrected chi connectivity index (χ0v) is 12.7. The largest absolute Gasteiger partial charge is 0.359 e. The van der Waals surface area contributed by atoms with Crippen molar-refractivity contribution in [1.29, 1.82) is 0 Å². The zero-order chi connectivity index (χ0) is 15.4. The van der Waals surface area contributed by atoms with E-state index in [0.29, 0.717) is 18.3 Å². The summed E-state index contributed by atoms with van der Waals surface area (Å²) in [6.45, 7) is 2.28. The Morgan fingerprint density at radius 2 is 2.23 bits per heavy atom. The molecule has 1 aromatic carbocycles.